The van der Waals surface area contributed by atoms with Crippen molar-refractivity contribution in [2.45, 2.75) is 0 Å². The quantitative estimate of drug-likeness (QED) is 0.548. The molecule has 0 aromatic carbocycles. The molecule has 6 nitrogen and oxygen atoms in total. The lowest BCUT2D eigenvalue weighted by Gasteiger charge is -2.02. The van der Waals surface area contributed by atoms with Crippen molar-refractivity contribution in [1.29, 1.82) is 0 Å². The molecule has 11 heavy (non-hydrogen) atoms. The fraction of sp³-hybridized carbons (Fsp3) is 1.00. The monoisotopic (exact) mass is 212 g/mol. The van der Waals surface area contributed by atoms with Crippen molar-refractivity contribution in [3.05, 3.63) is 0 Å². The van der Waals surface area contributed by atoms with E-state index in [9.17, 15) is 22.0 Å². The molecule has 0 saturated carbocycles. The zero-order valence-electron chi connectivity index (χ0n) is 4.81. The second kappa shape index (κ2) is 3.55. The molecule has 0 fully saturated rings. The summed E-state index contributed by atoms with van der Waals surface area (Å²) in [7, 11) is -9.77. The summed E-state index contributed by atoms with van der Waals surface area (Å²) >= 11 is 0. The Balaban J connectivity index is 4.47. The van der Waals surface area contributed by atoms with Crippen LogP contribution >= 0.6 is 7.60 Å². The van der Waals surface area contributed by atoms with E-state index in [1.54, 1.807) is 0 Å². The minimum Gasteiger partial charge on any atom is -0.285 e. The Morgan fingerprint density at radius 1 is 1.36 bits per heavy atom. The maximum absolute atomic E-state index is 11.1. The minimum atomic E-state index is -4.97. The summed E-state index contributed by atoms with van der Waals surface area (Å²) in [6, 6.07) is 0. The van der Waals surface area contributed by atoms with Gasteiger partial charge in [-0.3, -0.25) is 9.12 Å². The fourth-order valence-corrected chi connectivity index (χ4v) is 2.19. The SMILES string of the molecule is O=P(CS(=O)(=O)O)(OF)OF. The normalized spacial score (nSPS) is 13.4. The topological polar surface area (TPSA) is 89.9 Å². The van der Waals surface area contributed by atoms with Gasteiger partial charge in [-0.1, -0.05) is 0 Å². The molecule has 0 aromatic rings. The zero-order valence-corrected chi connectivity index (χ0v) is 6.52. The Morgan fingerprint density at radius 2 is 1.73 bits per heavy atom. The summed E-state index contributed by atoms with van der Waals surface area (Å²) in [4.78, 5) is 0. The first kappa shape index (κ1) is 10.9. The Kier molecular flexibility index (Phi) is 3.52. The van der Waals surface area contributed by atoms with Gasteiger partial charge in [0, 0.05) is 0 Å². The van der Waals surface area contributed by atoms with Gasteiger partial charge in [0.15, 0.2) is 5.49 Å². The van der Waals surface area contributed by atoms with E-state index in [0.29, 0.717) is 0 Å². The summed E-state index contributed by atoms with van der Waals surface area (Å²) in [6.45, 7) is 0. The van der Waals surface area contributed by atoms with E-state index in [-0.39, 0.29) is 0 Å². The van der Waals surface area contributed by atoms with E-state index in [1.165, 1.54) is 0 Å². The summed E-state index contributed by atoms with van der Waals surface area (Å²) in [5.41, 5.74) is -1.77. The lowest BCUT2D eigenvalue weighted by Crippen LogP contribution is -2.05. The third kappa shape index (κ3) is 4.38. The van der Waals surface area contributed by atoms with Crippen LogP contribution in [0.5, 0.6) is 0 Å². The second-order valence-corrected chi connectivity index (χ2v) is 5.15. The van der Waals surface area contributed by atoms with Gasteiger partial charge >= 0.3 is 7.60 Å². The maximum Gasteiger partial charge on any atom is 0.411 e. The summed E-state index contributed by atoms with van der Waals surface area (Å²) in [6.07, 6.45) is 0. The van der Waals surface area contributed by atoms with Crippen LogP contribution in [0.3, 0.4) is 0 Å². The molecule has 10 heteroatoms. The van der Waals surface area contributed by atoms with Crippen molar-refractivity contribution < 1.29 is 36.0 Å². The van der Waals surface area contributed by atoms with Crippen LogP contribution in [0.1, 0.15) is 0 Å². The molecule has 0 aliphatic rings. The third-order valence-corrected chi connectivity index (χ3v) is 3.52. The molecule has 0 saturated heterocycles. The highest BCUT2D eigenvalue weighted by molar-refractivity contribution is 7.93. The molecule has 0 aliphatic heterocycles. The van der Waals surface area contributed by atoms with Gasteiger partial charge in [0.2, 0.25) is 0 Å². The Morgan fingerprint density at radius 3 is 1.82 bits per heavy atom. The van der Waals surface area contributed by atoms with Crippen LogP contribution < -0.4 is 0 Å². The number of halogens is 2. The minimum absolute atomic E-state index is 1.77. The summed E-state index contributed by atoms with van der Waals surface area (Å²) in [5.74, 6) is 0. The molecule has 0 atom stereocenters. The molecule has 0 heterocycles. The van der Waals surface area contributed by atoms with Crippen molar-refractivity contribution in [3.63, 3.8) is 0 Å². The highest BCUT2D eigenvalue weighted by atomic mass is 32.2. The lowest BCUT2D eigenvalue weighted by atomic mass is 11.9. The number of hydrogen-bond acceptors (Lipinski definition) is 5. The standard InChI is InChI=1S/CH3F2O6PS/c2-8-10(4,9-3)1-11(5,6)7/h1H2,(H,5,6,7). The largest absolute Gasteiger partial charge is 0.411 e. The van der Waals surface area contributed by atoms with Crippen LogP contribution in [-0.2, 0) is 24.1 Å². The van der Waals surface area contributed by atoms with Gasteiger partial charge in [0.25, 0.3) is 10.1 Å². The van der Waals surface area contributed by atoms with E-state index >= 15 is 0 Å². The van der Waals surface area contributed by atoms with Crippen LogP contribution in [0.15, 0.2) is 0 Å². The Labute approximate surface area is 60.2 Å². The molecule has 0 unspecified atom stereocenters. The molecule has 0 aliphatic carbocycles. The molecular formula is CH3F2O6PS. The van der Waals surface area contributed by atoms with Crippen LogP contribution in [0.25, 0.3) is 0 Å². The predicted molar refractivity (Wildman–Crippen MR) is 28.4 cm³/mol. The van der Waals surface area contributed by atoms with Crippen molar-refractivity contribution in [2.24, 2.45) is 0 Å². The Bertz CT molecular complexity index is 250. The van der Waals surface area contributed by atoms with E-state index in [1.807, 2.05) is 0 Å². The predicted octanol–water partition coefficient (Wildman–Crippen LogP) is 0.827. The number of rotatable bonds is 4. The highest BCUT2D eigenvalue weighted by Crippen LogP contribution is 2.49. The molecule has 0 aromatic heterocycles. The van der Waals surface area contributed by atoms with E-state index in [0.717, 1.165) is 0 Å². The molecule has 1 N–H and O–H groups in total. The molecular weight excluding hydrogens is 209 g/mol. The average Bonchev–Trinajstić information content (AvgIpc) is 1.84. The molecule has 68 valence electrons. The lowest BCUT2D eigenvalue weighted by molar-refractivity contribution is -0.0861. The molecule has 0 rings (SSSR count). The van der Waals surface area contributed by atoms with E-state index < -0.39 is 23.2 Å². The van der Waals surface area contributed by atoms with Crippen molar-refractivity contribution >= 4 is 17.7 Å². The van der Waals surface area contributed by atoms with Gasteiger partial charge in [-0.15, -0.1) is 9.46 Å². The first-order valence-corrected chi connectivity index (χ1v) is 5.31. The summed E-state index contributed by atoms with van der Waals surface area (Å²) < 4.78 is 64.8. The first-order valence-electron chi connectivity index (χ1n) is 1.98. The van der Waals surface area contributed by atoms with Gasteiger partial charge in [0.1, 0.15) is 0 Å². The van der Waals surface area contributed by atoms with Crippen LogP contribution in [0.4, 0.5) is 9.05 Å². The third-order valence-electron chi connectivity index (χ3n) is 0.532. The molecule has 0 radical (unpaired) electrons. The van der Waals surface area contributed by atoms with Crippen LogP contribution in [0, 0.1) is 0 Å². The fourth-order valence-electron chi connectivity index (χ4n) is 0.250. The van der Waals surface area contributed by atoms with Crippen LogP contribution in [0.2, 0.25) is 0 Å². The van der Waals surface area contributed by atoms with Gasteiger partial charge in [-0.25, -0.2) is 0 Å². The second-order valence-electron chi connectivity index (χ2n) is 1.46. The maximum atomic E-state index is 11.1. The van der Waals surface area contributed by atoms with Crippen LogP contribution in [-0.4, -0.2) is 18.5 Å². The molecule has 0 bridgehead atoms. The van der Waals surface area contributed by atoms with Gasteiger partial charge in [-0.05, 0) is 9.05 Å². The van der Waals surface area contributed by atoms with Crippen molar-refractivity contribution in [1.82, 2.24) is 0 Å². The smallest absolute Gasteiger partial charge is 0.285 e. The van der Waals surface area contributed by atoms with Gasteiger partial charge in [0.05, 0.1) is 0 Å². The molecule has 0 amide bonds. The Hall–Kier alpha value is -0.0800. The van der Waals surface area contributed by atoms with E-state index in [2.05, 4.69) is 9.46 Å². The summed E-state index contributed by atoms with van der Waals surface area (Å²) in [5, 5.41) is 0. The van der Waals surface area contributed by atoms with E-state index in [4.69, 9.17) is 4.55 Å². The van der Waals surface area contributed by atoms with Gasteiger partial charge < -0.3 is 0 Å². The van der Waals surface area contributed by atoms with Gasteiger partial charge in [-0.2, -0.15) is 8.42 Å². The average molecular weight is 212 g/mol. The molecule has 0 spiro atoms. The number of hydrogen-bond donors (Lipinski definition) is 1. The highest BCUT2D eigenvalue weighted by Gasteiger charge is 2.34. The first-order chi connectivity index (χ1) is 4.83. The zero-order chi connectivity index (χ0) is 9.12. The van der Waals surface area contributed by atoms with Crippen molar-refractivity contribution in [3.8, 4) is 0 Å². The van der Waals surface area contributed by atoms with Crippen molar-refractivity contribution in [2.75, 3.05) is 5.49 Å².